The second-order valence-corrected chi connectivity index (χ2v) is 6.83. The molecular weight excluding hydrogens is 338 g/mol. The Hall–Kier alpha value is -3.03. The van der Waals surface area contributed by atoms with Crippen LogP contribution in [0.1, 0.15) is 0 Å². The minimum Gasteiger partial charge on any atom is -0.309 e. The molecule has 0 amide bonds. The van der Waals surface area contributed by atoms with Crippen LogP contribution in [0.25, 0.3) is 38.6 Å². The van der Waals surface area contributed by atoms with Gasteiger partial charge in [-0.2, -0.15) is 0 Å². The lowest BCUT2D eigenvalue weighted by molar-refractivity contribution is 1.18. The maximum Gasteiger partial charge on any atom is 0.0547 e. The molecule has 5 aromatic rings. The van der Waals surface area contributed by atoms with Crippen molar-refractivity contribution >= 4 is 33.4 Å². The van der Waals surface area contributed by atoms with Gasteiger partial charge in [-0.1, -0.05) is 72.3 Å². The molecule has 0 aliphatic rings. The topological polar surface area (TPSA) is 4.93 Å². The fourth-order valence-electron chi connectivity index (χ4n) is 3.74. The van der Waals surface area contributed by atoms with Crippen LogP contribution in [-0.2, 0) is 0 Å². The van der Waals surface area contributed by atoms with Gasteiger partial charge in [0.15, 0.2) is 0 Å². The molecule has 124 valence electrons. The van der Waals surface area contributed by atoms with Crippen LogP contribution in [0.5, 0.6) is 0 Å². The number of halogens is 1. The maximum absolute atomic E-state index is 6.09. The normalized spacial score (nSPS) is 11.3. The minimum atomic E-state index is 0.757. The first-order valence-electron chi connectivity index (χ1n) is 8.66. The number of rotatable bonds is 2. The monoisotopic (exact) mass is 353 g/mol. The minimum absolute atomic E-state index is 0.757. The van der Waals surface area contributed by atoms with E-state index in [-0.39, 0.29) is 0 Å². The molecular formula is C24H16ClN. The molecule has 1 heterocycles. The first kappa shape index (κ1) is 15.2. The van der Waals surface area contributed by atoms with Crippen LogP contribution in [0, 0.1) is 0 Å². The van der Waals surface area contributed by atoms with Gasteiger partial charge < -0.3 is 4.57 Å². The molecule has 0 fully saturated rings. The van der Waals surface area contributed by atoms with Crippen LogP contribution in [0.15, 0.2) is 97.1 Å². The molecule has 2 heteroatoms. The molecule has 1 aromatic heterocycles. The summed E-state index contributed by atoms with van der Waals surface area (Å²) in [5, 5.41) is 3.29. The second-order valence-electron chi connectivity index (χ2n) is 6.39. The fourth-order valence-corrected chi connectivity index (χ4v) is 3.87. The predicted molar refractivity (Wildman–Crippen MR) is 111 cm³/mol. The van der Waals surface area contributed by atoms with E-state index in [4.69, 9.17) is 11.6 Å². The average molecular weight is 354 g/mol. The molecule has 0 unspecified atom stereocenters. The van der Waals surface area contributed by atoms with Crippen molar-refractivity contribution in [3.63, 3.8) is 0 Å². The Morgan fingerprint density at radius 1 is 0.577 bits per heavy atom. The van der Waals surface area contributed by atoms with E-state index in [1.165, 1.54) is 38.6 Å². The van der Waals surface area contributed by atoms with E-state index >= 15 is 0 Å². The van der Waals surface area contributed by atoms with Crippen molar-refractivity contribution in [1.29, 1.82) is 0 Å². The Labute approximate surface area is 157 Å². The van der Waals surface area contributed by atoms with Gasteiger partial charge in [0.2, 0.25) is 0 Å². The van der Waals surface area contributed by atoms with Crippen molar-refractivity contribution in [1.82, 2.24) is 4.57 Å². The maximum atomic E-state index is 6.09. The standard InChI is InChI=1S/C24H16ClN/c25-18-15-13-17(14-16-18)20-10-6-12-23-24(20)21-9-4-5-11-22(21)26(23)19-7-2-1-3-8-19/h1-16H. The van der Waals surface area contributed by atoms with Crippen LogP contribution >= 0.6 is 11.6 Å². The van der Waals surface area contributed by atoms with Gasteiger partial charge in [-0.05, 0) is 47.5 Å². The molecule has 0 saturated heterocycles. The SMILES string of the molecule is Clc1ccc(-c2cccc3c2c2ccccc2n3-c2ccccc2)cc1. The lowest BCUT2D eigenvalue weighted by atomic mass is 9.99. The molecule has 0 bridgehead atoms. The quantitative estimate of drug-likeness (QED) is 0.319. The zero-order chi connectivity index (χ0) is 17.5. The van der Waals surface area contributed by atoms with Crippen molar-refractivity contribution in [3.8, 4) is 16.8 Å². The van der Waals surface area contributed by atoms with Crippen LogP contribution in [0.3, 0.4) is 0 Å². The molecule has 0 radical (unpaired) electrons. The molecule has 0 aliphatic heterocycles. The first-order chi connectivity index (χ1) is 12.8. The van der Waals surface area contributed by atoms with Gasteiger partial charge in [-0.3, -0.25) is 0 Å². The number of hydrogen-bond donors (Lipinski definition) is 0. The largest absolute Gasteiger partial charge is 0.309 e. The van der Waals surface area contributed by atoms with Gasteiger partial charge in [0.05, 0.1) is 11.0 Å². The lowest BCUT2D eigenvalue weighted by Crippen LogP contribution is -1.92. The van der Waals surface area contributed by atoms with Crippen molar-refractivity contribution in [2.45, 2.75) is 0 Å². The highest BCUT2D eigenvalue weighted by Gasteiger charge is 2.15. The summed E-state index contributed by atoms with van der Waals surface area (Å²) in [6.45, 7) is 0. The van der Waals surface area contributed by atoms with E-state index in [2.05, 4.69) is 89.5 Å². The second kappa shape index (κ2) is 6.05. The van der Waals surface area contributed by atoms with Gasteiger partial charge in [0.1, 0.15) is 0 Å². The van der Waals surface area contributed by atoms with Crippen molar-refractivity contribution in [2.75, 3.05) is 0 Å². The van der Waals surface area contributed by atoms with E-state index in [1.807, 2.05) is 12.1 Å². The Balaban J connectivity index is 1.92. The van der Waals surface area contributed by atoms with Crippen LogP contribution in [0.2, 0.25) is 5.02 Å². The van der Waals surface area contributed by atoms with Gasteiger partial charge in [0.25, 0.3) is 0 Å². The summed E-state index contributed by atoms with van der Waals surface area (Å²) < 4.78 is 2.34. The molecule has 0 spiro atoms. The molecule has 0 N–H and O–H groups in total. The molecule has 26 heavy (non-hydrogen) atoms. The summed E-state index contributed by atoms with van der Waals surface area (Å²) in [5.74, 6) is 0. The van der Waals surface area contributed by atoms with Crippen molar-refractivity contribution < 1.29 is 0 Å². The number of hydrogen-bond acceptors (Lipinski definition) is 0. The summed E-state index contributed by atoms with van der Waals surface area (Å²) >= 11 is 6.09. The van der Waals surface area contributed by atoms with Gasteiger partial charge in [-0.25, -0.2) is 0 Å². The number of benzene rings is 4. The first-order valence-corrected chi connectivity index (χ1v) is 9.04. The molecule has 0 saturated carbocycles. The predicted octanol–water partition coefficient (Wildman–Crippen LogP) is 7.10. The van der Waals surface area contributed by atoms with Crippen molar-refractivity contribution in [2.24, 2.45) is 0 Å². The molecule has 4 aromatic carbocycles. The van der Waals surface area contributed by atoms with Gasteiger partial charge in [-0.15, -0.1) is 0 Å². The van der Waals surface area contributed by atoms with E-state index in [0.717, 1.165) is 5.02 Å². The number of fused-ring (bicyclic) bond motifs is 3. The Morgan fingerprint density at radius 2 is 1.27 bits per heavy atom. The van der Waals surface area contributed by atoms with E-state index in [9.17, 15) is 0 Å². The zero-order valence-corrected chi connectivity index (χ0v) is 14.8. The Kier molecular flexibility index (Phi) is 3.55. The summed E-state index contributed by atoms with van der Waals surface area (Å²) in [4.78, 5) is 0. The Morgan fingerprint density at radius 3 is 2.08 bits per heavy atom. The van der Waals surface area contributed by atoms with Crippen LogP contribution < -0.4 is 0 Å². The van der Waals surface area contributed by atoms with Gasteiger partial charge >= 0.3 is 0 Å². The van der Waals surface area contributed by atoms with E-state index in [0.29, 0.717) is 0 Å². The third kappa shape index (κ3) is 2.33. The smallest absolute Gasteiger partial charge is 0.0547 e. The highest BCUT2D eigenvalue weighted by atomic mass is 35.5. The summed E-state index contributed by atoms with van der Waals surface area (Å²) in [6, 6.07) is 33.7. The van der Waals surface area contributed by atoms with Gasteiger partial charge in [0, 0.05) is 21.5 Å². The Bertz CT molecular complexity index is 1220. The third-order valence-electron chi connectivity index (χ3n) is 4.87. The highest BCUT2D eigenvalue weighted by Crippen LogP contribution is 2.38. The zero-order valence-electron chi connectivity index (χ0n) is 14.1. The summed E-state index contributed by atoms with van der Waals surface area (Å²) in [6.07, 6.45) is 0. The molecule has 0 aliphatic carbocycles. The lowest BCUT2D eigenvalue weighted by Gasteiger charge is -2.08. The van der Waals surface area contributed by atoms with Crippen LogP contribution in [-0.4, -0.2) is 4.57 Å². The average Bonchev–Trinajstić information content (AvgIpc) is 3.04. The van der Waals surface area contributed by atoms with Crippen molar-refractivity contribution in [3.05, 3.63) is 102 Å². The van der Waals surface area contributed by atoms with Crippen LogP contribution in [0.4, 0.5) is 0 Å². The third-order valence-corrected chi connectivity index (χ3v) is 5.12. The summed E-state index contributed by atoms with van der Waals surface area (Å²) in [5.41, 5.74) is 6.01. The molecule has 5 rings (SSSR count). The fraction of sp³-hybridized carbons (Fsp3) is 0. The molecule has 1 nitrogen and oxygen atoms in total. The number of nitrogens with zero attached hydrogens (tertiary/aromatic N) is 1. The summed E-state index contributed by atoms with van der Waals surface area (Å²) in [7, 11) is 0. The van der Waals surface area contributed by atoms with E-state index < -0.39 is 0 Å². The van der Waals surface area contributed by atoms with E-state index in [1.54, 1.807) is 0 Å². The highest BCUT2D eigenvalue weighted by molar-refractivity contribution is 6.30. The molecule has 0 atom stereocenters. The number of para-hydroxylation sites is 2. The number of aromatic nitrogens is 1.